The van der Waals surface area contributed by atoms with Crippen LogP contribution in [0, 0.1) is 0 Å². The van der Waals surface area contributed by atoms with Crippen LogP contribution >= 0.6 is 0 Å². The standard InChI is InChI=1S/C18H32O16/c19-1-4-7(22)10(25)12(27)17(31-4)34-15-11(26)8(23)5(2-20)32-18(15)33-14-9(24)6(3-21)30-16(29)13(14)28/h4-29H,1-3H2/t4-,5+,6+,7+,8-,9-,10+,11-,12-,13+,14-,15+,16+,17-,18-/m0/s1. The molecule has 34 heavy (non-hydrogen) atoms. The molecule has 3 heterocycles. The molecule has 0 aromatic carbocycles. The SMILES string of the molecule is OC[C@@H]1O[C@@H](O[C@H]2[C@H](O[C@@H]3[C@@H](O)[C@H](O)O[C@H](CO)[C@@H]3O)O[C@H](CO)[C@H](O)[C@@H]2O)[C@@H](O)[C@H](O)[C@@H]1O. The number of rotatable bonds is 7. The van der Waals surface area contributed by atoms with Crippen molar-refractivity contribution in [2.45, 2.75) is 92.1 Å². The molecule has 0 amide bonds. The molecule has 16 heteroatoms. The van der Waals surface area contributed by atoms with E-state index in [4.69, 9.17) is 23.7 Å². The first-order valence-corrected chi connectivity index (χ1v) is 10.6. The number of aliphatic hydroxyl groups is 11. The summed E-state index contributed by atoms with van der Waals surface area (Å²) in [5.41, 5.74) is 0. The second-order valence-electron chi connectivity index (χ2n) is 8.33. The lowest BCUT2D eigenvalue weighted by Crippen LogP contribution is -2.67. The first-order valence-electron chi connectivity index (χ1n) is 10.6. The van der Waals surface area contributed by atoms with E-state index in [1.807, 2.05) is 0 Å². The normalized spacial score (nSPS) is 52.5. The third kappa shape index (κ3) is 5.37. The Hall–Kier alpha value is -0.640. The van der Waals surface area contributed by atoms with Crippen LogP contribution in [0.2, 0.25) is 0 Å². The fourth-order valence-electron chi connectivity index (χ4n) is 4.03. The van der Waals surface area contributed by atoms with Gasteiger partial charge in [0, 0.05) is 0 Å². The van der Waals surface area contributed by atoms with Crippen LogP contribution in [0.1, 0.15) is 0 Å². The van der Waals surface area contributed by atoms with E-state index < -0.39 is 112 Å². The van der Waals surface area contributed by atoms with Crippen molar-refractivity contribution in [1.82, 2.24) is 0 Å². The maximum atomic E-state index is 10.6. The minimum absolute atomic E-state index is 0.762. The largest absolute Gasteiger partial charge is 0.394 e. The van der Waals surface area contributed by atoms with E-state index in [2.05, 4.69) is 0 Å². The molecule has 3 aliphatic rings. The van der Waals surface area contributed by atoms with E-state index >= 15 is 0 Å². The molecular weight excluding hydrogens is 472 g/mol. The van der Waals surface area contributed by atoms with Crippen molar-refractivity contribution in [1.29, 1.82) is 0 Å². The summed E-state index contributed by atoms with van der Waals surface area (Å²) >= 11 is 0. The highest BCUT2D eigenvalue weighted by Gasteiger charge is 2.53. The Balaban J connectivity index is 1.84. The smallest absolute Gasteiger partial charge is 0.187 e. The van der Waals surface area contributed by atoms with Gasteiger partial charge >= 0.3 is 0 Å². The van der Waals surface area contributed by atoms with Gasteiger partial charge in [0.2, 0.25) is 0 Å². The summed E-state index contributed by atoms with van der Waals surface area (Å²) < 4.78 is 26.5. The Labute approximate surface area is 192 Å². The van der Waals surface area contributed by atoms with Gasteiger partial charge in [0.15, 0.2) is 18.9 Å². The monoisotopic (exact) mass is 504 g/mol. The van der Waals surface area contributed by atoms with Crippen LogP contribution in [-0.4, -0.2) is 168 Å². The van der Waals surface area contributed by atoms with Crippen molar-refractivity contribution >= 4 is 0 Å². The number of hydrogen-bond donors (Lipinski definition) is 11. The summed E-state index contributed by atoms with van der Waals surface area (Å²) in [6, 6.07) is 0. The molecule has 0 aromatic rings. The van der Waals surface area contributed by atoms with E-state index in [0.717, 1.165) is 0 Å². The van der Waals surface area contributed by atoms with Gasteiger partial charge in [-0.2, -0.15) is 0 Å². The third-order valence-electron chi connectivity index (χ3n) is 6.10. The lowest BCUT2D eigenvalue weighted by atomic mass is 9.96. The summed E-state index contributed by atoms with van der Waals surface area (Å²) in [4.78, 5) is 0. The molecule has 0 aliphatic carbocycles. The maximum absolute atomic E-state index is 10.6. The van der Waals surface area contributed by atoms with Crippen LogP contribution in [0.15, 0.2) is 0 Å². The van der Waals surface area contributed by atoms with Gasteiger partial charge in [-0.1, -0.05) is 0 Å². The zero-order valence-electron chi connectivity index (χ0n) is 17.7. The molecule has 0 radical (unpaired) electrons. The Morgan fingerprint density at radius 1 is 0.441 bits per heavy atom. The van der Waals surface area contributed by atoms with Crippen molar-refractivity contribution < 1.29 is 79.9 Å². The Morgan fingerprint density at radius 3 is 1.47 bits per heavy atom. The van der Waals surface area contributed by atoms with E-state index in [0.29, 0.717) is 0 Å². The highest BCUT2D eigenvalue weighted by molar-refractivity contribution is 4.96. The van der Waals surface area contributed by atoms with Crippen LogP contribution in [0.3, 0.4) is 0 Å². The van der Waals surface area contributed by atoms with E-state index in [1.54, 1.807) is 0 Å². The molecular formula is C18H32O16. The average molecular weight is 504 g/mol. The number of ether oxygens (including phenoxy) is 5. The predicted molar refractivity (Wildman–Crippen MR) is 101 cm³/mol. The fourth-order valence-corrected chi connectivity index (χ4v) is 4.03. The Morgan fingerprint density at radius 2 is 0.912 bits per heavy atom. The molecule has 3 fully saturated rings. The van der Waals surface area contributed by atoms with Gasteiger partial charge in [0.05, 0.1) is 19.8 Å². The molecule has 200 valence electrons. The number of aliphatic hydroxyl groups excluding tert-OH is 11. The quantitative estimate of drug-likeness (QED) is 0.154. The molecule has 15 atom stereocenters. The average Bonchev–Trinajstić information content (AvgIpc) is 2.83. The van der Waals surface area contributed by atoms with Gasteiger partial charge in [-0.05, 0) is 0 Å². The maximum Gasteiger partial charge on any atom is 0.187 e. The zero-order valence-corrected chi connectivity index (χ0v) is 17.7. The molecule has 0 aromatic heterocycles. The minimum atomic E-state index is -1.89. The fraction of sp³-hybridized carbons (Fsp3) is 1.00. The van der Waals surface area contributed by atoms with E-state index in [9.17, 15) is 56.2 Å². The summed E-state index contributed by atoms with van der Waals surface area (Å²) in [6.45, 7) is -2.34. The summed E-state index contributed by atoms with van der Waals surface area (Å²) in [5, 5.41) is 110. The van der Waals surface area contributed by atoms with Gasteiger partial charge in [-0.15, -0.1) is 0 Å². The van der Waals surface area contributed by atoms with E-state index in [-0.39, 0.29) is 0 Å². The van der Waals surface area contributed by atoms with Gasteiger partial charge < -0.3 is 79.9 Å². The van der Waals surface area contributed by atoms with Crippen molar-refractivity contribution in [3.8, 4) is 0 Å². The van der Waals surface area contributed by atoms with Gasteiger partial charge in [-0.3, -0.25) is 0 Å². The Kier molecular flexibility index (Phi) is 9.54. The first-order chi connectivity index (χ1) is 16.0. The van der Waals surface area contributed by atoms with Crippen LogP contribution < -0.4 is 0 Å². The van der Waals surface area contributed by atoms with Crippen molar-refractivity contribution in [3.05, 3.63) is 0 Å². The molecule has 0 bridgehead atoms. The van der Waals surface area contributed by atoms with Crippen LogP contribution in [-0.2, 0) is 23.7 Å². The van der Waals surface area contributed by atoms with Crippen molar-refractivity contribution in [3.63, 3.8) is 0 Å². The van der Waals surface area contributed by atoms with Crippen molar-refractivity contribution in [2.75, 3.05) is 19.8 Å². The molecule has 16 nitrogen and oxygen atoms in total. The first kappa shape index (κ1) is 27.9. The Bertz CT molecular complexity index is 639. The summed E-state index contributed by atoms with van der Waals surface area (Å²) in [5.74, 6) is 0. The number of hydrogen-bond acceptors (Lipinski definition) is 16. The highest BCUT2D eigenvalue weighted by atomic mass is 16.8. The molecule has 3 aliphatic heterocycles. The van der Waals surface area contributed by atoms with E-state index in [1.165, 1.54) is 0 Å². The lowest BCUT2D eigenvalue weighted by molar-refractivity contribution is -0.387. The second-order valence-corrected chi connectivity index (χ2v) is 8.33. The molecule has 3 rings (SSSR count). The zero-order chi connectivity index (χ0) is 25.3. The second kappa shape index (κ2) is 11.6. The highest BCUT2D eigenvalue weighted by Crippen LogP contribution is 2.32. The van der Waals surface area contributed by atoms with Gasteiger partial charge in [0.1, 0.15) is 73.2 Å². The lowest BCUT2D eigenvalue weighted by Gasteiger charge is -2.48. The molecule has 0 saturated carbocycles. The molecule has 0 unspecified atom stereocenters. The van der Waals surface area contributed by atoms with Crippen molar-refractivity contribution in [2.24, 2.45) is 0 Å². The molecule has 3 saturated heterocycles. The van der Waals surface area contributed by atoms with Crippen LogP contribution in [0.4, 0.5) is 0 Å². The molecule has 11 N–H and O–H groups in total. The predicted octanol–water partition coefficient (Wildman–Crippen LogP) is -7.57. The van der Waals surface area contributed by atoms with Crippen LogP contribution in [0.5, 0.6) is 0 Å². The topological polar surface area (TPSA) is 269 Å². The minimum Gasteiger partial charge on any atom is -0.394 e. The summed E-state index contributed by atoms with van der Waals surface area (Å²) in [7, 11) is 0. The summed E-state index contributed by atoms with van der Waals surface area (Å²) in [6.07, 6.45) is -25.7. The van der Waals surface area contributed by atoms with Gasteiger partial charge in [-0.25, -0.2) is 0 Å². The van der Waals surface area contributed by atoms with Gasteiger partial charge in [0.25, 0.3) is 0 Å². The van der Waals surface area contributed by atoms with Crippen LogP contribution in [0.25, 0.3) is 0 Å². The third-order valence-corrected chi connectivity index (χ3v) is 6.10. The molecule has 0 spiro atoms.